The molecule has 0 N–H and O–H groups in total. The average molecular weight is 212 g/mol. The van der Waals surface area contributed by atoms with Crippen molar-refractivity contribution < 1.29 is 17.9 Å². The second kappa shape index (κ2) is 3.83. The molecule has 13 heavy (non-hydrogen) atoms. The van der Waals surface area contributed by atoms with Crippen LogP contribution in [-0.2, 0) is 0 Å². The van der Waals surface area contributed by atoms with Crippen molar-refractivity contribution in [1.82, 2.24) is 4.98 Å². The van der Waals surface area contributed by atoms with Crippen molar-refractivity contribution in [2.75, 3.05) is 7.11 Å². The molecule has 1 rings (SSSR count). The molecule has 0 atom stereocenters. The van der Waals surface area contributed by atoms with Gasteiger partial charge in [-0.1, -0.05) is 11.6 Å². The molecular weight excluding hydrogens is 207 g/mol. The van der Waals surface area contributed by atoms with E-state index in [-0.39, 0.29) is 5.75 Å². The molecule has 72 valence electrons. The minimum atomic E-state index is -2.80. The molecule has 0 aliphatic heterocycles. The van der Waals surface area contributed by atoms with Crippen LogP contribution in [-0.4, -0.2) is 12.1 Å². The first-order chi connectivity index (χ1) is 6.06. The molecule has 0 radical (unpaired) electrons. The second-order valence-electron chi connectivity index (χ2n) is 2.15. The monoisotopic (exact) mass is 211 g/mol. The van der Waals surface area contributed by atoms with Crippen LogP contribution in [0.1, 0.15) is 12.1 Å². The number of nitrogens with zero attached hydrogens (tertiary/aromatic N) is 1. The molecule has 0 saturated heterocycles. The van der Waals surface area contributed by atoms with Crippen molar-refractivity contribution in [2.45, 2.75) is 6.43 Å². The van der Waals surface area contributed by atoms with Crippen LogP contribution in [0.3, 0.4) is 0 Å². The minimum Gasteiger partial charge on any atom is -0.493 e. The Morgan fingerprint density at radius 3 is 2.62 bits per heavy atom. The molecule has 0 aromatic carbocycles. The zero-order valence-corrected chi connectivity index (χ0v) is 7.28. The number of pyridine rings is 1. The molecule has 0 aliphatic rings. The number of aromatic nitrogens is 1. The van der Waals surface area contributed by atoms with Crippen molar-refractivity contribution in [3.63, 3.8) is 0 Å². The van der Waals surface area contributed by atoms with Crippen LogP contribution in [0.15, 0.2) is 6.07 Å². The lowest BCUT2D eigenvalue weighted by atomic mass is 10.3. The highest BCUT2D eigenvalue weighted by Gasteiger charge is 2.16. The summed E-state index contributed by atoms with van der Waals surface area (Å²) in [6.07, 6.45) is -2.80. The van der Waals surface area contributed by atoms with Gasteiger partial charge >= 0.3 is 0 Å². The predicted molar refractivity (Wildman–Crippen MR) is 40.7 cm³/mol. The highest BCUT2D eigenvalue weighted by molar-refractivity contribution is 6.29. The third kappa shape index (κ3) is 2.03. The summed E-state index contributed by atoms with van der Waals surface area (Å²) in [6, 6.07) is 0.811. The van der Waals surface area contributed by atoms with E-state index < -0.39 is 23.1 Å². The molecule has 0 spiro atoms. The lowest BCUT2D eigenvalue weighted by Crippen LogP contribution is -1.97. The summed E-state index contributed by atoms with van der Waals surface area (Å²) < 4.78 is 41.6. The molecule has 0 unspecified atom stereocenters. The van der Waals surface area contributed by atoms with E-state index in [1.165, 1.54) is 0 Å². The van der Waals surface area contributed by atoms with Crippen LogP contribution in [0, 0.1) is 5.82 Å². The Labute approximate surface area is 77.3 Å². The molecule has 0 aliphatic carbocycles. The van der Waals surface area contributed by atoms with Crippen molar-refractivity contribution >= 4 is 11.6 Å². The molecule has 0 saturated carbocycles. The van der Waals surface area contributed by atoms with Gasteiger partial charge in [0.2, 0.25) is 5.82 Å². The Hall–Kier alpha value is -0.970. The maximum atomic E-state index is 12.9. The number of rotatable bonds is 2. The maximum absolute atomic E-state index is 12.9. The fourth-order valence-corrected chi connectivity index (χ4v) is 0.945. The fraction of sp³-hybridized carbons (Fsp3) is 0.286. The van der Waals surface area contributed by atoms with Crippen molar-refractivity contribution in [3.05, 3.63) is 22.7 Å². The van der Waals surface area contributed by atoms with Gasteiger partial charge in [0.05, 0.1) is 7.11 Å². The normalized spacial score (nSPS) is 10.6. The molecule has 1 heterocycles. The number of methoxy groups -OCH3 is 1. The quantitative estimate of drug-likeness (QED) is 0.702. The summed E-state index contributed by atoms with van der Waals surface area (Å²) in [5.74, 6) is -1.27. The number of hydrogen-bond donors (Lipinski definition) is 0. The van der Waals surface area contributed by atoms with Gasteiger partial charge in [-0.2, -0.15) is 4.39 Å². The van der Waals surface area contributed by atoms with E-state index in [0.717, 1.165) is 13.2 Å². The average Bonchev–Trinajstić information content (AvgIpc) is 2.09. The Morgan fingerprint density at radius 1 is 1.54 bits per heavy atom. The Bertz CT molecular complexity index is 319. The molecule has 0 fully saturated rings. The zero-order valence-electron chi connectivity index (χ0n) is 6.52. The lowest BCUT2D eigenvalue weighted by molar-refractivity contribution is 0.145. The molecule has 0 bridgehead atoms. The number of hydrogen-bond acceptors (Lipinski definition) is 2. The van der Waals surface area contributed by atoms with Crippen LogP contribution in [0.5, 0.6) is 5.75 Å². The summed E-state index contributed by atoms with van der Waals surface area (Å²) in [6.45, 7) is 0. The zero-order chi connectivity index (χ0) is 10.0. The topological polar surface area (TPSA) is 22.1 Å². The first kappa shape index (κ1) is 10.1. The van der Waals surface area contributed by atoms with Crippen molar-refractivity contribution in [3.8, 4) is 5.75 Å². The molecule has 1 aromatic heterocycles. The van der Waals surface area contributed by atoms with E-state index in [1.807, 2.05) is 0 Å². The molecule has 6 heteroatoms. The predicted octanol–water partition coefficient (Wildman–Crippen LogP) is 2.82. The third-order valence-electron chi connectivity index (χ3n) is 1.35. The van der Waals surface area contributed by atoms with E-state index in [9.17, 15) is 13.2 Å². The van der Waals surface area contributed by atoms with Gasteiger partial charge in [0.15, 0.2) is 10.9 Å². The van der Waals surface area contributed by atoms with E-state index in [2.05, 4.69) is 9.72 Å². The largest absolute Gasteiger partial charge is 0.493 e. The number of ether oxygens (including phenoxy) is 1. The minimum absolute atomic E-state index is 0.338. The first-order valence-corrected chi connectivity index (χ1v) is 3.62. The molecule has 1 aromatic rings. The van der Waals surface area contributed by atoms with Gasteiger partial charge in [-0.05, 0) is 0 Å². The van der Waals surface area contributed by atoms with Gasteiger partial charge in [-0.3, -0.25) is 0 Å². The summed E-state index contributed by atoms with van der Waals surface area (Å²) >= 11 is 5.24. The molecular formula is C7H5ClF3NO. The summed E-state index contributed by atoms with van der Waals surface area (Å²) in [5, 5.41) is -0.616. The van der Waals surface area contributed by atoms with Gasteiger partial charge in [0.25, 0.3) is 6.43 Å². The SMILES string of the molecule is COc1cc(C(F)F)nc(Cl)c1F. The van der Waals surface area contributed by atoms with Gasteiger partial charge in [0, 0.05) is 6.07 Å². The molecule has 2 nitrogen and oxygen atoms in total. The Morgan fingerprint density at radius 2 is 2.15 bits per heavy atom. The van der Waals surface area contributed by atoms with Crippen molar-refractivity contribution in [1.29, 1.82) is 0 Å². The van der Waals surface area contributed by atoms with Crippen LogP contribution in [0.2, 0.25) is 5.15 Å². The summed E-state index contributed by atoms with van der Waals surface area (Å²) in [7, 11) is 1.16. The standard InChI is InChI=1S/C7H5ClF3NO/c1-13-4-2-3(7(10)11)12-6(8)5(4)9/h2,7H,1H3. The number of halogens is 4. The molecule has 0 amide bonds. The van der Waals surface area contributed by atoms with Crippen LogP contribution in [0.4, 0.5) is 13.2 Å². The Kier molecular flexibility index (Phi) is 2.98. The van der Waals surface area contributed by atoms with Gasteiger partial charge in [0.1, 0.15) is 5.69 Å². The van der Waals surface area contributed by atoms with E-state index in [1.54, 1.807) is 0 Å². The van der Waals surface area contributed by atoms with Crippen molar-refractivity contribution in [2.24, 2.45) is 0 Å². The van der Waals surface area contributed by atoms with Crippen LogP contribution >= 0.6 is 11.6 Å². The lowest BCUT2D eigenvalue weighted by Gasteiger charge is -2.05. The highest BCUT2D eigenvalue weighted by atomic mass is 35.5. The van der Waals surface area contributed by atoms with Gasteiger partial charge in [-0.25, -0.2) is 13.8 Å². The fourth-order valence-electron chi connectivity index (χ4n) is 0.754. The maximum Gasteiger partial charge on any atom is 0.280 e. The van der Waals surface area contributed by atoms with E-state index in [4.69, 9.17) is 11.6 Å². The summed E-state index contributed by atoms with van der Waals surface area (Å²) in [5.41, 5.74) is -0.608. The Balaban J connectivity index is 3.22. The van der Waals surface area contributed by atoms with Crippen LogP contribution in [0.25, 0.3) is 0 Å². The van der Waals surface area contributed by atoms with E-state index in [0.29, 0.717) is 0 Å². The number of alkyl halides is 2. The van der Waals surface area contributed by atoms with Crippen LogP contribution < -0.4 is 4.74 Å². The first-order valence-electron chi connectivity index (χ1n) is 3.24. The van der Waals surface area contributed by atoms with E-state index >= 15 is 0 Å². The smallest absolute Gasteiger partial charge is 0.280 e. The third-order valence-corrected chi connectivity index (χ3v) is 1.60. The summed E-state index contributed by atoms with van der Waals surface area (Å²) in [4.78, 5) is 3.14. The second-order valence-corrected chi connectivity index (χ2v) is 2.51. The highest BCUT2D eigenvalue weighted by Crippen LogP contribution is 2.28. The van der Waals surface area contributed by atoms with Gasteiger partial charge < -0.3 is 4.74 Å². The van der Waals surface area contributed by atoms with Gasteiger partial charge in [-0.15, -0.1) is 0 Å².